The first-order valence-corrected chi connectivity index (χ1v) is 9.04. The minimum atomic E-state index is -0.245. The Kier molecular flexibility index (Phi) is 7.25. The summed E-state index contributed by atoms with van der Waals surface area (Å²) >= 11 is 0. The predicted octanol–water partition coefficient (Wildman–Crippen LogP) is 2.91. The summed E-state index contributed by atoms with van der Waals surface area (Å²) in [5.41, 5.74) is 2.05. The largest absolute Gasteiger partial charge is 0.450 e. The SMILES string of the molecule is CCOC(=O)N1CCN(CCC(=O)Nc2ccccc2C(C)C)CC1. The molecule has 0 aliphatic carbocycles. The van der Waals surface area contributed by atoms with Gasteiger partial charge < -0.3 is 15.0 Å². The predicted molar refractivity (Wildman–Crippen MR) is 98.8 cm³/mol. The van der Waals surface area contributed by atoms with E-state index in [1.807, 2.05) is 25.1 Å². The summed E-state index contributed by atoms with van der Waals surface area (Å²) in [6.45, 7) is 9.99. The van der Waals surface area contributed by atoms with Crippen molar-refractivity contribution in [3.05, 3.63) is 29.8 Å². The molecule has 0 saturated carbocycles. The zero-order valence-corrected chi connectivity index (χ0v) is 15.5. The van der Waals surface area contributed by atoms with Crippen molar-refractivity contribution in [2.45, 2.75) is 33.1 Å². The number of nitrogens with zero attached hydrogens (tertiary/aromatic N) is 2. The van der Waals surface area contributed by atoms with E-state index in [4.69, 9.17) is 4.74 Å². The summed E-state index contributed by atoms with van der Waals surface area (Å²) in [7, 11) is 0. The van der Waals surface area contributed by atoms with Crippen molar-refractivity contribution < 1.29 is 14.3 Å². The summed E-state index contributed by atoms with van der Waals surface area (Å²) in [6, 6.07) is 7.93. The lowest BCUT2D eigenvalue weighted by molar-refractivity contribution is -0.116. The van der Waals surface area contributed by atoms with Crippen LogP contribution in [0.1, 0.15) is 38.7 Å². The number of ether oxygens (including phenoxy) is 1. The number of benzene rings is 1. The highest BCUT2D eigenvalue weighted by atomic mass is 16.6. The van der Waals surface area contributed by atoms with Crippen LogP contribution in [0.5, 0.6) is 0 Å². The molecule has 6 heteroatoms. The molecule has 1 aromatic carbocycles. The molecule has 1 aromatic rings. The van der Waals surface area contributed by atoms with E-state index in [2.05, 4.69) is 30.1 Å². The molecule has 2 rings (SSSR count). The van der Waals surface area contributed by atoms with E-state index in [1.165, 1.54) is 0 Å². The van der Waals surface area contributed by atoms with Crippen molar-refractivity contribution >= 4 is 17.7 Å². The van der Waals surface area contributed by atoms with Crippen LogP contribution in [0, 0.1) is 0 Å². The molecule has 0 bridgehead atoms. The minimum Gasteiger partial charge on any atom is -0.450 e. The fraction of sp³-hybridized carbons (Fsp3) is 0.579. The molecular formula is C19H29N3O3. The van der Waals surface area contributed by atoms with Crippen LogP contribution in [-0.4, -0.2) is 61.1 Å². The number of para-hydroxylation sites is 1. The Labute approximate surface area is 150 Å². The van der Waals surface area contributed by atoms with Crippen LogP contribution in [-0.2, 0) is 9.53 Å². The second-order valence-corrected chi connectivity index (χ2v) is 6.57. The van der Waals surface area contributed by atoms with Crippen LogP contribution in [0.4, 0.5) is 10.5 Å². The number of hydrogen-bond donors (Lipinski definition) is 1. The van der Waals surface area contributed by atoms with Gasteiger partial charge in [-0.25, -0.2) is 4.79 Å². The summed E-state index contributed by atoms with van der Waals surface area (Å²) in [4.78, 5) is 27.9. The number of hydrogen-bond acceptors (Lipinski definition) is 4. The molecule has 1 aliphatic heterocycles. The molecule has 1 fully saturated rings. The zero-order chi connectivity index (χ0) is 18.2. The first kappa shape index (κ1) is 19.2. The first-order valence-electron chi connectivity index (χ1n) is 9.04. The van der Waals surface area contributed by atoms with Crippen molar-refractivity contribution in [3.8, 4) is 0 Å². The van der Waals surface area contributed by atoms with Gasteiger partial charge in [0.15, 0.2) is 0 Å². The van der Waals surface area contributed by atoms with Crippen LogP contribution in [0.3, 0.4) is 0 Å². The number of piperazine rings is 1. The Hall–Kier alpha value is -2.08. The molecule has 2 amide bonds. The number of anilines is 1. The molecule has 25 heavy (non-hydrogen) atoms. The maximum atomic E-state index is 12.3. The van der Waals surface area contributed by atoms with Gasteiger partial charge in [0.25, 0.3) is 0 Å². The maximum Gasteiger partial charge on any atom is 0.409 e. The van der Waals surface area contributed by atoms with Crippen LogP contribution >= 0.6 is 0 Å². The van der Waals surface area contributed by atoms with E-state index in [1.54, 1.807) is 4.90 Å². The topological polar surface area (TPSA) is 61.9 Å². The van der Waals surface area contributed by atoms with Crippen molar-refractivity contribution in [2.75, 3.05) is 44.6 Å². The van der Waals surface area contributed by atoms with E-state index < -0.39 is 0 Å². The number of carbonyl (C=O) groups is 2. The molecule has 1 aliphatic rings. The van der Waals surface area contributed by atoms with Gasteiger partial charge in [-0.2, -0.15) is 0 Å². The molecule has 0 spiro atoms. The third kappa shape index (κ3) is 5.74. The normalized spacial score (nSPS) is 15.3. The average molecular weight is 347 g/mol. The van der Waals surface area contributed by atoms with Gasteiger partial charge in [0.1, 0.15) is 0 Å². The maximum absolute atomic E-state index is 12.3. The summed E-state index contributed by atoms with van der Waals surface area (Å²) in [5, 5.41) is 3.03. The van der Waals surface area contributed by atoms with Crippen molar-refractivity contribution in [3.63, 3.8) is 0 Å². The second-order valence-electron chi connectivity index (χ2n) is 6.57. The van der Waals surface area contributed by atoms with Crippen molar-refractivity contribution in [2.24, 2.45) is 0 Å². The van der Waals surface area contributed by atoms with E-state index in [0.29, 0.717) is 38.6 Å². The van der Waals surface area contributed by atoms with Gasteiger partial charge in [-0.05, 0) is 24.5 Å². The highest BCUT2D eigenvalue weighted by Crippen LogP contribution is 2.23. The van der Waals surface area contributed by atoms with Gasteiger partial charge in [-0.3, -0.25) is 9.69 Å². The number of rotatable bonds is 6. The van der Waals surface area contributed by atoms with Crippen molar-refractivity contribution in [1.82, 2.24) is 9.80 Å². The van der Waals surface area contributed by atoms with E-state index in [-0.39, 0.29) is 12.0 Å². The average Bonchev–Trinajstić information content (AvgIpc) is 2.61. The second kappa shape index (κ2) is 9.42. The molecule has 1 heterocycles. The van der Waals surface area contributed by atoms with Crippen LogP contribution in [0.2, 0.25) is 0 Å². The number of carbonyl (C=O) groups excluding carboxylic acids is 2. The van der Waals surface area contributed by atoms with Crippen LogP contribution in [0.25, 0.3) is 0 Å². The third-order valence-electron chi connectivity index (χ3n) is 4.41. The Morgan fingerprint density at radius 3 is 2.48 bits per heavy atom. The molecule has 0 unspecified atom stereocenters. The molecule has 1 saturated heterocycles. The molecule has 1 N–H and O–H groups in total. The molecule has 138 valence electrons. The zero-order valence-electron chi connectivity index (χ0n) is 15.5. The minimum absolute atomic E-state index is 0.0286. The fourth-order valence-corrected chi connectivity index (χ4v) is 2.96. The monoisotopic (exact) mass is 347 g/mol. The van der Waals surface area contributed by atoms with E-state index >= 15 is 0 Å². The molecular weight excluding hydrogens is 318 g/mol. The summed E-state index contributed by atoms with van der Waals surface area (Å²) in [6.07, 6.45) is 0.205. The fourth-order valence-electron chi connectivity index (χ4n) is 2.96. The van der Waals surface area contributed by atoms with Gasteiger partial charge in [0.2, 0.25) is 5.91 Å². The highest BCUT2D eigenvalue weighted by Gasteiger charge is 2.22. The lowest BCUT2D eigenvalue weighted by Gasteiger charge is -2.33. The van der Waals surface area contributed by atoms with Crippen LogP contribution < -0.4 is 5.32 Å². The Balaban J connectivity index is 1.75. The Bertz CT molecular complexity index is 581. The first-order chi connectivity index (χ1) is 12.0. The third-order valence-corrected chi connectivity index (χ3v) is 4.41. The van der Waals surface area contributed by atoms with E-state index in [0.717, 1.165) is 24.3 Å². The van der Waals surface area contributed by atoms with Gasteiger partial charge in [-0.1, -0.05) is 32.0 Å². The van der Waals surface area contributed by atoms with Gasteiger partial charge >= 0.3 is 6.09 Å². The molecule has 0 radical (unpaired) electrons. The van der Waals surface area contributed by atoms with Gasteiger partial charge in [0.05, 0.1) is 6.61 Å². The standard InChI is InChI=1S/C19H29N3O3/c1-4-25-19(24)22-13-11-21(12-14-22)10-9-18(23)20-17-8-6-5-7-16(17)15(2)3/h5-8,15H,4,9-14H2,1-3H3,(H,20,23). The Morgan fingerprint density at radius 1 is 1.16 bits per heavy atom. The lowest BCUT2D eigenvalue weighted by Crippen LogP contribution is -2.49. The lowest BCUT2D eigenvalue weighted by atomic mass is 10.0. The van der Waals surface area contributed by atoms with E-state index in [9.17, 15) is 9.59 Å². The van der Waals surface area contributed by atoms with Crippen molar-refractivity contribution in [1.29, 1.82) is 0 Å². The Morgan fingerprint density at radius 2 is 1.84 bits per heavy atom. The molecule has 0 aromatic heterocycles. The smallest absolute Gasteiger partial charge is 0.409 e. The van der Waals surface area contributed by atoms with Crippen LogP contribution in [0.15, 0.2) is 24.3 Å². The van der Waals surface area contributed by atoms with Gasteiger partial charge in [-0.15, -0.1) is 0 Å². The quantitative estimate of drug-likeness (QED) is 0.859. The number of nitrogens with one attached hydrogen (secondary N) is 1. The summed E-state index contributed by atoms with van der Waals surface area (Å²) in [5.74, 6) is 0.397. The highest BCUT2D eigenvalue weighted by molar-refractivity contribution is 5.91. The van der Waals surface area contributed by atoms with Gasteiger partial charge in [0, 0.05) is 44.8 Å². The summed E-state index contributed by atoms with van der Waals surface area (Å²) < 4.78 is 5.02. The molecule has 6 nitrogen and oxygen atoms in total. The number of amides is 2. The molecule has 0 atom stereocenters.